The number of halogens is 1. The third kappa shape index (κ3) is 6.32. The molecule has 0 radical (unpaired) electrons. The van der Waals surface area contributed by atoms with E-state index in [1.807, 2.05) is 26.0 Å². The number of rotatable bonds is 5. The molecule has 4 unspecified atom stereocenters. The molecule has 0 spiro atoms. The standard InChI is InChI=1S/C16H21N3O2.C6H7ClN2.C3H6/c1-4-13-11(3)7-17-18(13)8-16(21)19-14-6-12(5-10(14)2)15(19)9-20;1-8-6-4-2-3-5(7)9-6;1-3-2/h4,7,9-10,12,14-15H,1,5-6,8H2,2-3H3;2-4H,1H3,(H,8,9);3H,1H2,2H3. The zero-order valence-electron chi connectivity index (χ0n) is 19.9. The summed E-state index contributed by atoms with van der Waals surface area (Å²) in [6.45, 7) is 13.3. The zero-order valence-corrected chi connectivity index (χ0v) is 20.6. The first kappa shape index (κ1) is 26.3. The van der Waals surface area contributed by atoms with Crippen molar-refractivity contribution in [3.8, 4) is 0 Å². The third-order valence-electron chi connectivity index (χ3n) is 5.99. The lowest BCUT2D eigenvalue weighted by Gasteiger charge is -2.35. The minimum absolute atomic E-state index is 0.0163. The number of fused-ring (bicyclic) bond motifs is 2. The van der Waals surface area contributed by atoms with E-state index in [0.717, 1.165) is 36.2 Å². The van der Waals surface area contributed by atoms with Gasteiger partial charge in [0.15, 0.2) is 0 Å². The molecular weight excluding hydrogens is 438 g/mol. The van der Waals surface area contributed by atoms with Gasteiger partial charge in [-0.15, -0.1) is 6.58 Å². The molecule has 4 rings (SSSR count). The number of carbonyl (C=O) groups is 2. The lowest BCUT2D eigenvalue weighted by atomic mass is 9.94. The molecule has 1 amide bonds. The molecule has 7 nitrogen and oxygen atoms in total. The molecule has 1 saturated carbocycles. The second-order valence-corrected chi connectivity index (χ2v) is 8.67. The molecule has 2 aliphatic rings. The smallest absolute Gasteiger partial charge is 0.245 e. The van der Waals surface area contributed by atoms with Crippen molar-refractivity contribution in [2.24, 2.45) is 11.8 Å². The average Bonchev–Trinajstić information content (AvgIpc) is 3.46. The highest BCUT2D eigenvalue weighted by Gasteiger charge is 2.51. The predicted molar refractivity (Wildman–Crippen MR) is 134 cm³/mol. The van der Waals surface area contributed by atoms with E-state index in [2.05, 4.69) is 35.5 Å². The Balaban J connectivity index is 0.000000267. The van der Waals surface area contributed by atoms with Crippen LogP contribution in [0.5, 0.6) is 0 Å². The van der Waals surface area contributed by atoms with Gasteiger partial charge in [0.25, 0.3) is 0 Å². The third-order valence-corrected chi connectivity index (χ3v) is 6.20. The summed E-state index contributed by atoms with van der Waals surface area (Å²) < 4.78 is 1.67. The lowest BCUT2D eigenvalue weighted by Crippen LogP contribution is -2.49. The molecule has 8 heteroatoms. The van der Waals surface area contributed by atoms with E-state index in [-0.39, 0.29) is 24.5 Å². The second-order valence-electron chi connectivity index (χ2n) is 8.28. The van der Waals surface area contributed by atoms with Crippen LogP contribution in [0.15, 0.2) is 43.6 Å². The van der Waals surface area contributed by atoms with Gasteiger partial charge in [-0.3, -0.25) is 9.48 Å². The summed E-state index contributed by atoms with van der Waals surface area (Å²) in [6.07, 6.45) is 8.16. The van der Waals surface area contributed by atoms with Gasteiger partial charge < -0.3 is 15.0 Å². The van der Waals surface area contributed by atoms with Crippen molar-refractivity contribution < 1.29 is 9.59 Å². The van der Waals surface area contributed by atoms with Crippen LogP contribution in [0.2, 0.25) is 5.15 Å². The van der Waals surface area contributed by atoms with Crippen LogP contribution in [0.1, 0.15) is 37.9 Å². The number of hydrogen-bond donors (Lipinski definition) is 1. The Morgan fingerprint density at radius 1 is 1.33 bits per heavy atom. The summed E-state index contributed by atoms with van der Waals surface area (Å²) in [5.41, 5.74) is 1.87. The molecule has 2 bridgehead atoms. The van der Waals surface area contributed by atoms with E-state index in [1.165, 1.54) is 0 Å². The van der Waals surface area contributed by atoms with E-state index >= 15 is 0 Å². The Bertz CT molecular complexity index is 973. The van der Waals surface area contributed by atoms with E-state index in [4.69, 9.17) is 11.6 Å². The van der Waals surface area contributed by atoms with Gasteiger partial charge in [-0.1, -0.05) is 37.2 Å². The van der Waals surface area contributed by atoms with Crippen molar-refractivity contribution in [3.05, 3.63) is 60.0 Å². The number of nitrogens with zero attached hydrogens (tertiary/aromatic N) is 4. The van der Waals surface area contributed by atoms with Crippen molar-refractivity contribution in [2.45, 2.75) is 52.2 Å². The highest BCUT2D eigenvalue weighted by atomic mass is 35.5. The Labute approximate surface area is 201 Å². The monoisotopic (exact) mass is 471 g/mol. The number of piperidine rings is 1. The van der Waals surface area contributed by atoms with Crippen LogP contribution in [0.3, 0.4) is 0 Å². The van der Waals surface area contributed by atoms with Crippen LogP contribution >= 0.6 is 11.6 Å². The summed E-state index contributed by atoms with van der Waals surface area (Å²) in [5.74, 6) is 1.60. The van der Waals surface area contributed by atoms with Gasteiger partial charge in [0.05, 0.1) is 17.9 Å². The molecule has 4 atom stereocenters. The van der Waals surface area contributed by atoms with Gasteiger partial charge in [0.1, 0.15) is 23.8 Å². The number of aryl methyl sites for hydroxylation is 1. The summed E-state index contributed by atoms with van der Waals surface area (Å²) in [4.78, 5) is 29.8. The van der Waals surface area contributed by atoms with Crippen molar-refractivity contribution in [1.82, 2.24) is 19.7 Å². The number of carbonyl (C=O) groups excluding carboxylic acids is 2. The first-order valence-electron chi connectivity index (χ1n) is 11.1. The van der Waals surface area contributed by atoms with Crippen molar-refractivity contribution in [3.63, 3.8) is 0 Å². The van der Waals surface area contributed by atoms with Crippen LogP contribution in [0, 0.1) is 18.8 Å². The normalized spacial score (nSPS) is 22.4. The van der Waals surface area contributed by atoms with Crippen molar-refractivity contribution in [1.29, 1.82) is 0 Å². The number of pyridine rings is 1. The van der Waals surface area contributed by atoms with Crippen LogP contribution in [-0.2, 0) is 16.1 Å². The molecule has 2 aromatic heterocycles. The fourth-order valence-electron chi connectivity index (χ4n) is 4.55. The Hall–Kier alpha value is -2.93. The maximum Gasteiger partial charge on any atom is 0.245 e. The number of hydrogen-bond acceptors (Lipinski definition) is 5. The van der Waals surface area contributed by atoms with E-state index in [1.54, 1.807) is 41.0 Å². The fourth-order valence-corrected chi connectivity index (χ4v) is 4.72. The van der Waals surface area contributed by atoms with Gasteiger partial charge in [-0.2, -0.15) is 5.10 Å². The highest BCUT2D eigenvalue weighted by Crippen LogP contribution is 2.45. The number of aromatic nitrogens is 3. The zero-order chi connectivity index (χ0) is 24.5. The molecule has 1 N–H and O–H groups in total. The van der Waals surface area contributed by atoms with Crippen LogP contribution < -0.4 is 5.32 Å². The summed E-state index contributed by atoms with van der Waals surface area (Å²) in [5, 5.41) is 7.63. The second kappa shape index (κ2) is 12.3. The molecule has 1 aliphatic heterocycles. The quantitative estimate of drug-likeness (QED) is 0.390. The largest absolute Gasteiger partial charge is 0.373 e. The highest BCUT2D eigenvalue weighted by molar-refractivity contribution is 6.29. The molecule has 178 valence electrons. The summed E-state index contributed by atoms with van der Waals surface area (Å²) in [7, 11) is 1.80. The molecule has 2 fully saturated rings. The average molecular weight is 472 g/mol. The number of likely N-dealkylation sites (tertiary alicyclic amines) is 1. The number of nitrogens with one attached hydrogen (secondary N) is 1. The number of allylic oxidation sites excluding steroid dienone is 1. The Kier molecular flexibility index (Phi) is 9.85. The topological polar surface area (TPSA) is 80.1 Å². The van der Waals surface area contributed by atoms with Gasteiger partial charge in [0.2, 0.25) is 5.91 Å². The lowest BCUT2D eigenvalue weighted by molar-refractivity contribution is -0.140. The minimum atomic E-state index is -0.248. The fraction of sp³-hybridized carbons (Fsp3) is 0.440. The van der Waals surface area contributed by atoms with Gasteiger partial charge >= 0.3 is 0 Å². The van der Waals surface area contributed by atoms with E-state index < -0.39 is 0 Å². The summed E-state index contributed by atoms with van der Waals surface area (Å²) >= 11 is 5.57. The molecule has 1 aliphatic carbocycles. The first-order chi connectivity index (χ1) is 15.8. The Morgan fingerprint density at radius 2 is 2.03 bits per heavy atom. The van der Waals surface area contributed by atoms with Crippen LogP contribution in [0.25, 0.3) is 6.08 Å². The van der Waals surface area contributed by atoms with E-state index in [0.29, 0.717) is 17.0 Å². The number of amides is 1. The predicted octanol–water partition coefficient (Wildman–Crippen LogP) is 4.63. The van der Waals surface area contributed by atoms with E-state index in [9.17, 15) is 9.59 Å². The SMILES string of the molecule is C=CC.C=Cc1c(C)cnn1CC(=O)N1C(C=O)C2CC(C)C1C2.CNc1cccc(Cl)n1. The van der Waals surface area contributed by atoms with Crippen LogP contribution in [-0.4, -0.2) is 51.0 Å². The molecule has 2 aromatic rings. The van der Waals surface area contributed by atoms with Gasteiger partial charge in [-0.25, -0.2) is 4.98 Å². The van der Waals surface area contributed by atoms with Crippen molar-refractivity contribution in [2.75, 3.05) is 12.4 Å². The van der Waals surface area contributed by atoms with Crippen molar-refractivity contribution >= 4 is 35.7 Å². The maximum atomic E-state index is 12.7. The molecule has 33 heavy (non-hydrogen) atoms. The summed E-state index contributed by atoms with van der Waals surface area (Å²) in [6, 6.07) is 5.40. The molecular formula is C25H34ClN5O2. The number of aldehydes is 1. The number of anilines is 1. The van der Waals surface area contributed by atoms with Crippen LogP contribution in [0.4, 0.5) is 5.82 Å². The van der Waals surface area contributed by atoms with Gasteiger partial charge in [-0.05, 0) is 62.3 Å². The van der Waals surface area contributed by atoms with Gasteiger partial charge in [0, 0.05) is 13.1 Å². The maximum absolute atomic E-state index is 12.7. The molecule has 1 saturated heterocycles. The minimum Gasteiger partial charge on any atom is -0.373 e. The molecule has 0 aromatic carbocycles. The molecule has 3 heterocycles. The Morgan fingerprint density at radius 3 is 2.58 bits per heavy atom. The first-order valence-corrected chi connectivity index (χ1v) is 11.5.